The molecule has 0 unspecified atom stereocenters. The first-order valence-corrected chi connectivity index (χ1v) is 6.52. The maximum Gasteiger partial charge on any atom is 0.200 e. The first kappa shape index (κ1) is 16.4. The molecule has 0 aromatic carbocycles. The fourth-order valence-electron chi connectivity index (χ4n) is 1.65. The van der Waals surface area contributed by atoms with Gasteiger partial charge < -0.3 is 25.7 Å². The molecular weight excluding hydrogens is 505 g/mol. The minimum atomic E-state index is 0. The summed E-state index contributed by atoms with van der Waals surface area (Å²) in [4.78, 5) is 27.0. The molecule has 0 saturated carbocycles. The smallest absolute Gasteiger partial charge is 0.200 e. The summed E-state index contributed by atoms with van der Waals surface area (Å²) < 4.78 is 0.986. The number of nitrogens with one attached hydrogen (secondary N) is 4. The Balaban J connectivity index is 0.000000154. The molecule has 6 N–H and O–H groups in total. The van der Waals surface area contributed by atoms with Crippen molar-refractivity contribution in [2.75, 3.05) is 5.73 Å². The molecule has 0 bridgehead atoms. The second kappa shape index (κ2) is 6.86. The van der Waals surface area contributed by atoms with E-state index in [9.17, 15) is 0 Å². The summed E-state index contributed by atoms with van der Waals surface area (Å²) in [5.74, 6) is 0.287. The second-order valence-corrected chi connectivity index (χ2v) is 4.66. The molecule has 0 spiro atoms. The molecule has 0 radical (unpaired) electrons. The van der Waals surface area contributed by atoms with E-state index in [1.54, 1.807) is 6.33 Å². The molecule has 4 heterocycles. The molecule has 12 heteroatoms. The van der Waals surface area contributed by atoms with E-state index < -0.39 is 0 Å². The number of rotatable bonds is 0. The molecule has 0 aliphatic rings. The van der Waals surface area contributed by atoms with E-state index in [4.69, 9.17) is 30.2 Å². The van der Waals surface area contributed by atoms with Gasteiger partial charge in [-0.25, -0.2) is 19.9 Å². The Hall–Kier alpha value is -1.97. The third-order valence-electron chi connectivity index (χ3n) is 2.56. The average molecular weight is 514 g/mol. The van der Waals surface area contributed by atoms with E-state index in [0.717, 1.165) is 11.2 Å². The van der Waals surface area contributed by atoms with E-state index in [1.165, 1.54) is 12.7 Å². The topological polar surface area (TPSA) is 141 Å². The van der Waals surface area contributed by atoms with Crippen LogP contribution in [0.4, 0.5) is 5.95 Å². The summed E-state index contributed by atoms with van der Waals surface area (Å²) in [6, 6.07) is 0. The van der Waals surface area contributed by atoms with Gasteiger partial charge >= 0.3 is 0 Å². The Bertz CT molecular complexity index is 1010. The van der Waals surface area contributed by atoms with Crippen LogP contribution in [0.2, 0.25) is 0 Å². The van der Waals surface area contributed by atoms with Gasteiger partial charge in [0, 0.05) is 21.1 Å². The fourth-order valence-corrected chi connectivity index (χ4v) is 2.11. The molecule has 4 rings (SSSR count). The SMILES string of the molecule is Nc1nc(=S)c2[nH]cnc2[nH]1.S=c1nc[nH]c2nc[nH]c12.[Pt]. The number of hydrogen-bond acceptors (Lipinski definition) is 7. The third kappa shape index (κ3) is 3.26. The molecule has 0 fully saturated rings. The zero-order valence-corrected chi connectivity index (χ0v) is 14.6. The van der Waals surface area contributed by atoms with E-state index in [2.05, 4.69) is 39.9 Å². The minimum absolute atomic E-state index is 0. The number of nitrogens with zero attached hydrogens (tertiary/aromatic N) is 4. The van der Waals surface area contributed by atoms with Crippen molar-refractivity contribution in [1.82, 2.24) is 39.9 Å². The van der Waals surface area contributed by atoms with Crippen molar-refractivity contribution in [3.05, 3.63) is 28.3 Å². The van der Waals surface area contributed by atoms with Gasteiger partial charge in [0.05, 0.1) is 19.0 Å². The van der Waals surface area contributed by atoms with Gasteiger partial charge in [-0.1, -0.05) is 24.4 Å². The van der Waals surface area contributed by atoms with E-state index >= 15 is 0 Å². The van der Waals surface area contributed by atoms with Crippen LogP contribution in [0.1, 0.15) is 0 Å². The van der Waals surface area contributed by atoms with Gasteiger partial charge in [-0.15, -0.1) is 0 Å². The number of fused-ring (bicyclic) bond motifs is 2. The summed E-state index contributed by atoms with van der Waals surface area (Å²) in [6.45, 7) is 0. The van der Waals surface area contributed by atoms with Crippen LogP contribution in [0, 0.1) is 9.28 Å². The molecule has 22 heavy (non-hydrogen) atoms. The Morgan fingerprint density at radius 1 is 0.818 bits per heavy atom. The van der Waals surface area contributed by atoms with Crippen LogP contribution < -0.4 is 5.73 Å². The largest absolute Gasteiger partial charge is 0.369 e. The number of aromatic nitrogens is 8. The van der Waals surface area contributed by atoms with E-state index in [1.807, 2.05) is 0 Å². The average Bonchev–Trinajstić information content (AvgIpc) is 3.08. The van der Waals surface area contributed by atoms with Crippen molar-refractivity contribution in [3.63, 3.8) is 0 Å². The van der Waals surface area contributed by atoms with Crippen molar-refractivity contribution in [2.24, 2.45) is 0 Å². The molecule has 116 valence electrons. The number of imidazole rings is 2. The minimum Gasteiger partial charge on any atom is -0.369 e. The zero-order chi connectivity index (χ0) is 14.8. The van der Waals surface area contributed by atoms with Crippen LogP contribution in [-0.4, -0.2) is 39.9 Å². The van der Waals surface area contributed by atoms with Crippen molar-refractivity contribution in [2.45, 2.75) is 0 Å². The Kier molecular flexibility index (Phi) is 5.11. The van der Waals surface area contributed by atoms with Crippen molar-refractivity contribution >= 4 is 52.7 Å². The number of nitrogen functional groups attached to an aromatic ring is 1. The van der Waals surface area contributed by atoms with Crippen LogP contribution in [-0.2, 0) is 21.1 Å². The number of anilines is 1. The molecule has 0 amide bonds. The third-order valence-corrected chi connectivity index (χ3v) is 3.16. The Morgan fingerprint density at radius 2 is 1.41 bits per heavy atom. The van der Waals surface area contributed by atoms with Crippen LogP contribution in [0.3, 0.4) is 0 Å². The summed E-state index contributed by atoms with van der Waals surface area (Å²) >= 11 is 9.82. The molecule has 9 nitrogen and oxygen atoms in total. The Morgan fingerprint density at radius 3 is 2.09 bits per heavy atom. The van der Waals surface area contributed by atoms with Crippen molar-refractivity contribution in [1.29, 1.82) is 0 Å². The van der Waals surface area contributed by atoms with Gasteiger partial charge in [0.15, 0.2) is 20.6 Å². The Labute approximate surface area is 147 Å². The number of hydrogen-bond donors (Lipinski definition) is 5. The quantitative estimate of drug-likeness (QED) is 0.225. The molecule has 0 aliphatic heterocycles. The van der Waals surface area contributed by atoms with E-state index in [-0.39, 0.29) is 27.0 Å². The number of aromatic amines is 4. The van der Waals surface area contributed by atoms with Gasteiger partial charge in [0.2, 0.25) is 5.95 Å². The predicted molar refractivity (Wildman–Crippen MR) is 82.6 cm³/mol. The first-order valence-electron chi connectivity index (χ1n) is 5.71. The maximum absolute atomic E-state index is 5.40. The monoisotopic (exact) mass is 514 g/mol. The molecule has 0 aliphatic carbocycles. The molecular formula is C10H9N9PtS2. The molecule has 4 aromatic rings. The van der Waals surface area contributed by atoms with Gasteiger partial charge in [-0.2, -0.15) is 0 Å². The molecule has 0 saturated heterocycles. The molecule has 4 aromatic heterocycles. The summed E-state index contributed by atoms with van der Waals surface area (Å²) in [6.07, 6.45) is 4.66. The first-order chi connectivity index (χ1) is 10.1. The van der Waals surface area contributed by atoms with Gasteiger partial charge in [-0.05, 0) is 0 Å². The van der Waals surface area contributed by atoms with E-state index in [0.29, 0.717) is 20.4 Å². The zero-order valence-electron chi connectivity index (χ0n) is 10.7. The standard InChI is InChI=1S/C5H5N5S.C5H4N4S.Pt/c6-5-9-3-2(4(11)10-5)7-1-8-3;10-5-3-4(7-1-6-3)8-2-9-5;/h1H,(H4,6,7,8,9,10,11);1-2H,(H2,6,7,8,9,10);. The van der Waals surface area contributed by atoms with Gasteiger partial charge in [0.1, 0.15) is 11.0 Å². The summed E-state index contributed by atoms with van der Waals surface area (Å²) in [7, 11) is 0. The van der Waals surface area contributed by atoms with Crippen LogP contribution in [0.15, 0.2) is 19.0 Å². The predicted octanol–water partition coefficient (Wildman–Crippen LogP) is 1.61. The normalized spacial score (nSPS) is 10.0. The summed E-state index contributed by atoms with van der Waals surface area (Å²) in [5.41, 5.74) is 8.29. The van der Waals surface area contributed by atoms with Gasteiger partial charge in [0.25, 0.3) is 0 Å². The number of nitrogens with two attached hydrogens (primary N) is 1. The van der Waals surface area contributed by atoms with Crippen LogP contribution >= 0.6 is 24.4 Å². The second-order valence-electron chi connectivity index (χ2n) is 3.89. The van der Waals surface area contributed by atoms with Gasteiger partial charge in [-0.3, -0.25) is 0 Å². The van der Waals surface area contributed by atoms with Crippen LogP contribution in [0.25, 0.3) is 22.3 Å². The summed E-state index contributed by atoms with van der Waals surface area (Å²) in [5, 5.41) is 0. The fraction of sp³-hybridized carbons (Fsp3) is 0. The molecule has 0 atom stereocenters. The van der Waals surface area contributed by atoms with Crippen molar-refractivity contribution < 1.29 is 21.1 Å². The van der Waals surface area contributed by atoms with Crippen molar-refractivity contribution in [3.8, 4) is 0 Å². The number of H-pyrrole nitrogens is 4. The maximum atomic E-state index is 5.40. The van der Waals surface area contributed by atoms with Crippen LogP contribution in [0.5, 0.6) is 0 Å².